The summed E-state index contributed by atoms with van der Waals surface area (Å²) in [6, 6.07) is 4.37. The molecule has 0 radical (unpaired) electrons. The SMILES string of the molecule is CCCCCCCCCCCCCCCCCCNS(=O)(=O)c1cccc(C)c1[N+](=O)[O-]. The van der Waals surface area contributed by atoms with E-state index in [1.54, 1.807) is 13.0 Å². The number of nitrogens with zero attached hydrogens (tertiary/aromatic N) is 1. The van der Waals surface area contributed by atoms with E-state index < -0.39 is 14.9 Å². The lowest BCUT2D eigenvalue weighted by atomic mass is 10.0. The summed E-state index contributed by atoms with van der Waals surface area (Å²) in [5, 5.41) is 11.2. The highest BCUT2D eigenvalue weighted by molar-refractivity contribution is 7.89. The maximum absolute atomic E-state index is 12.5. The van der Waals surface area contributed by atoms with Crippen molar-refractivity contribution >= 4 is 15.7 Å². The maximum atomic E-state index is 12.5. The quantitative estimate of drug-likeness (QED) is 0.122. The van der Waals surface area contributed by atoms with Crippen molar-refractivity contribution < 1.29 is 13.3 Å². The topological polar surface area (TPSA) is 89.3 Å². The van der Waals surface area contributed by atoms with E-state index >= 15 is 0 Å². The van der Waals surface area contributed by atoms with Crippen molar-refractivity contribution in [2.75, 3.05) is 6.54 Å². The lowest BCUT2D eigenvalue weighted by Crippen LogP contribution is -2.25. The molecule has 7 heteroatoms. The van der Waals surface area contributed by atoms with Crippen LogP contribution in [0.4, 0.5) is 5.69 Å². The van der Waals surface area contributed by atoms with Gasteiger partial charge in [0.2, 0.25) is 10.0 Å². The van der Waals surface area contributed by atoms with Crippen LogP contribution in [-0.2, 0) is 10.0 Å². The lowest BCUT2D eigenvalue weighted by Gasteiger charge is -2.08. The number of aryl methyl sites for hydroxylation is 1. The highest BCUT2D eigenvalue weighted by atomic mass is 32.2. The van der Waals surface area contributed by atoms with Gasteiger partial charge in [-0.1, -0.05) is 115 Å². The number of nitro groups is 1. The summed E-state index contributed by atoms with van der Waals surface area (Å²) >= 11 is 0. The Morgan fingerprint density at radius 1 is 0.781 bits per heavy atom. The Morgan fingerprint density at radius 2 is 1.22 bits per heavy atom. The molecular weight excluding hydrogens is 424 g/mol. The van der Waals surface area contributed by atoms with E-state index in [9.17, 15) is 18.5 Å². The molecule has 0 fully saturated rings. The highest BCUT2D eigenvalue weighted by Gasteiger charge is 2.26. The van der Waals surface area contributed by atoms with Gasteiger partial charge in [0.1, 0.15) is 0 Å². The molecule has 0 aliphatic rings. The molecule has 0 aliphatic carbocycles. The second-order valence-corrected chi connectivity index (χ2v) is 10.6. The summed E-state index contributed by atoms with van der Waals surface area (Å²) < 4.78 is 27.4. The monoisotopic (exact) mass is 468 g/mol. The Balaban J connectivity index is 2.03. The number of nitro benzene ring substituents is 1. The minimum atomic E-state index is -3.87. The third-order valence-corrected chi connectivity index (χ3v) is 7.49. The van der Waals surface area contributed by atoms with E-state index in [2.05, 4.69) is 11.6 Å². The third-order valence-electron chi connectivity index (χ3n) is 6.00. The zero-order valence-electron chi connectivity index (χ0n) is 20.2. The van der Waals surface area contributed by atoms with Gasteiger partial charge in [-0.2, -0.15) is 0 Å². The standard InChI is InChI=1S/C25H44N2O4S/c1-3-4-5-6-7-8-9-10-11-12-13-14-15-16-17-18-22-26-32(30,31)24-21-19-20-23(2)25(24)27(28)29/h19-21,26H,3-18,22H2,1-2H3. The molecule has 0 amide bonds. The molecule has 32 heavy (non-hydrogen) atoms. The van der Waals surface area contributed by atoms with E-state index in [1.165, 1.54) is 95.6 Å². The summed E-state index contributed by atoms with van der Waals surface area (Å²) in [5.41, 5.74) is 0.00672. The van der Waals surface area contributed by atoms with Crippen LogP contribution in [0.15, 0.2) is 23.1 Å². The number of unbranched alkanes of at least 4 members (excludes halogenated alkanes) is 15. The van der Waals surface area contributed by atoms with Gasteiger partial charge in [-0.05, 0) is 19.4 Å². The second kappa shape index (κ2) is 17.1. The molecule has 0 saturated heterocycles. The highest BCUT2D eigenvalue weighted by Crippen LogP contribution is 2.27. The van der Waals surface area contributed by atoms with Gasteiger partial charge in [0.25, 0.3) is 5.69 Å². The molecule has 0 saturated carbocycles. The molecule has 6 nitrogen and oxygen atoms in total. The molecule has 0 atom stereocenters. The fraction of sp³-hybridized carbons (Fsp3) is 0.760. The van der Waals surface area contributed by atoms with E-state index in [0.717, 1.165) is 19.3 Å². The molecule has 0 unspecified atom stereocenters. The predicted molar refractivity (Wildman–Crippen MR) is 133 cm³/mol. The largest absolute Gasteiger partial charge is 0.292 e. The number of hydrogen-bond acceptors (Lipinski definition) is 4. The van der Waals surface area contributed by atoms with Crippen molar-refractivity contribution in [2.24, 2.45) is 0 Å². The van der Waals surface area contributed by atoms with Gasteiger partial charge < -0.3 is 0 Å². The molecule has 1 aromatic carbocycles. The zero-order chi connectivity index (χ0) is 23.7. The summed E-state index contributed by atoms with van der Waals surface area (Å²) in [4.78, 5) is 10.4. The summed E-state index contributed by atoms with van der Waals surface area (Å²) in [6.45, 7) is 4.12. The van der Waals surface area contributed by atoms with Crippen molar-refractivity contribution in [3.05, 3.63) is 33.9 Å². The Kier molecular flexibility index (Phi) is 15.2. The van der Waals surface area contributed by atoms with Crippen LogP contribution in [0.5, 0.6) is 0 Å². The van der Waals surface area contributed by atoms with E-state index in [4.69, 9.17) is 0 Å². The average Bonchev–Trinajstić information content (AvgIpc) is 2.75. The Morgan fingerprint density at radius 3 is 1.66 bits per heavy atom. The first-order valence-electron chi connectivity index (χ1n) is 12.6. The van der Waals surface area contributed by atoms with Gasteiger partial charge >= 0.3 is 0 Å². The van der Waals surface area contributed by atoms with Crippen molar-refractivity contribution in [1.29, 1.82) is 0 Å². The smallest absolute Gasteiger partial charge is 0.258 e. The van der Waals surface area contributed by atoms with Crippen LogP contribution in [0.25, 0.3) is 0 Å². The van der Waals surface area contributed by atoms with Gasteiger partial charge in [-0.15, -0.1) is 0 Å². The average molecular weight is 469 g/mol. The number of hydrogen-bond donors (Lipinski definition) is 1. The van der Waals surface area contributed by atoms with Gasteiger partial charge in [0, 0.05) is 12.1 Å². The number of rotatable bonds is 20. The van der Waals surface area contributed by atoms with E-state index in [-0.39, 0.29) is 10.6 Å². The van der Waals surface area contributed by atoms with Crippen molar-refractivity contribution in [2.45, 2.75) is 121 Å². The third kappa shape index (κ3) is 12.0. The lowest BCUT2D eigenvalue weighted by molar-refractivity contribution is -0.388. The van der Waals surface area contributed by atoms with Gasteiger partial charge in [-0.25, -0.2) is 13.1 Å². The first-order valence-corrected chi connectivity index (χ1v) is 14.1. The van der Waals surface area contributed by atoms with Gasteiger partial charge in [-0.3, -0.25) is 10.1 Å². The molecule has 0 heterocycles. The van der Waals surface area contributed by atoms with Gasteiger partial charge in [0.15, 0.2) is 4.90 Å². The first-order chi connectivity index (χ1) is 15.4. The Bertz CT molecular complexity index is 750. The zero-order valence-corrected chi connectivity index (χ0v) is 21.1. The summed E-state index contributed by atoms with van der Waals surface area (Å²) in [7, 11) is -3.87. The van der Waals surface area contributed by atoms with Crippen molar-refractivity contribution in [3.63, 3.8) is 0 Å². The Hall–Kier alpha value is -1.47. The van der Waals surface area contributed by atoms with Crippen LogP contribution < -0.4 is 4.72 Å². The van der Waals surface area contributed by atoms with Crippen LogP contribution >= 0.6 is 0 Å². The van der Waals surface area contributed by atoms with Crippen molar-refractivity contribution in [3.8, 4) is 0 Å². The fourth-order valence-electron chi connectivity index (χ4n) is 4.04. The molecule has 1 aromatic rings. The predicted octanol–water partition coefficient (Wildman–Crippen LogP) is 7.44. The minimum absolute atomic E-state index is 0.251. The fourth-order valence-corrected chi connectivity index (χ4v) is 5.36. The molecule has 0 aromatic heterocycles. The van der Waals surface area contributed by atoms with Crippen LogP contribution in [0, 0.1) is 17.0 Å². The van der Waals surface area contributed by atoms with Crippen LogP contribution in [0.2, 0.25) is 0 Å². The number of sulfonamides is 1. The molecule has 1 rings (SSSR count). The summed E-state index contributed by atoms with van der Waals surface area (Å²) in [5.74, 6) is 0. The molecule has 0 bridgehead atoms. The summed E-state index contributed by atoms with van der Waals surface area (Å²) in [6.07, 6.45) is 20.3. The Labute approximate surface area is 195 Å². The number of para-hydroxylation sites is 1. The molecule has 0 aliphatic heterocycles. The second-order valence-electron chi connectivity index (χ2n) is 8.88. The number of nitrogens with one attached hydrogen (secondary N) is 1. The normalized spacial score (nSPS) is 11.7. The molecule has 184 valence electrons. The van der Waals surface area contributed by atoms with Crippen LogP contribution in [-0.4, -0.2) is 19.9 Å². The van der Waals surface area contributed by atoms with E-state index in [1.807, 2.05) is 0 Å². The van der Waals surface area contributed by atoms with E-state index in [0.29, 0.717) is 12.1 Å². The van der Waals surface area contributed by atoms with Crippen LogP contribution in [0.1, 0.15) is 115 Å². The molecular formula is C25H44N2O4S. The minimum Gasteiger partial charge on any atom is -0.258 e. The first kappa shape index (κ1) is 28.6. The number of benzene rings is 1. The molecule has 0 spiro atoms. The van der Waals surface area contributed by atoms with Gasteiger partial charge in [0.05, 0.1) is 4.92 Å². The maximum Gasteiger partial charge on any atom is 0.292 e. The molecule has 1 N–H and O–H groups in total. The van der Waals surface area contributed by atoms with Crippen LogP contribution in [0.3, 0.4) is 0 Å². The van der Waals surface area contributed by atoms with Crippen molar-refractivity contribution in [1.82, 2.24) is 4.72 Å².